The molecule has 0 fully saturated rings. The number of hydrogen-bond acceptors (Lipinski definition) is 4. The molecule has 0 atom stereocenters. The predicted octanol–water partition coefficient (Wildman–Crippen LogP) is 1.86. The Morgan fingerprint density at radius 3 is 2.70 bits per heavy atom. The lowest BCUT2D eigenvalue weighted by atomic mass is 9.92. The van der Waals surface area contributed by atoms with E-state index in [1.165, 1.54) is 0 Å². The molecule has 0 bridgehead atoms. The standard InChI is InChI=1S/C14H20N4O2/c1-9-6-5-7-10-16-12(14(2,3)4)13(18(9)10)15-8-11(19)17-20/h5-7,15,20H,8H2,1-4H3,(H,17,19). The van der Waals surface area contributed by atoms with Crippen LogP contribution in [0.2, 0.25) is 0 Å². The largest absolute Gasteiger partial charge is 0.360 e. The predicted molar refractivity (Wildman–Crippen MR) is 77.0 cm³/mol. The Hall–Kier alpha value is -2.08. The summed E-state index contributed by atoms with van der Waals surface area (Å²) in [5, 5.41) is 11.7. The maximum absolute atomic E-state index is 11.2. The number of fused-ring (bicyclic) bond motifs is 1. The minimum atomic E-state index is -0.492. The van der Waals surface area contributed by atoms with Crippen molar-refractivity contribution < 1.29 is 10.0 Å². The summed E-state index contributed by atoms with van der Waals surface area (Å²) in [5.74, 6) is 0.294. The third kappa shape index (κ3) is 2.60. The number of aromatic nitrogens is 2. The first-order valence-electron chi connectivity index (χ1n) is 6.50. The van der Waals surface area contributed by atoms with E-state index in [1.54, 1.807) is 5.48 Å². The summed E-state index contributed by atoms with van der Waals surface area (Å²) >= 11 is 0. The third-order valence-corrected chi connectivity index (χ3v) is 3.09. The summed E-state index contributed by atoms with van der Waals surface area (Å²) in [5.41, 5.74) is 4.21. The fraction of sp³-hybridized carbons (Fsp3) is 0.429. The lowest BCUT2D eigenvalue weighted by molar-refractivity contribution is -0.127. The molecule has 20 heavy (non-hydrogen) atoms. The number of nitrogens with one attached hydrogen (secondary N) is 2. The zero-order valence-electron chi connectivity index (χ0n) is 12.2. The molecule has 0 aliphatic carbocycles. The van der Waals surface area contributed by atoms with Crippen molar-refractivity contribution in [2.45, 2.75) is 33.1 Å². The average molecular weight is 276 g/mol. The Kier molecular flexibility index (Phi) is 3.67. The van der Waals surface area contributed by atoms with E-state index in [0.717, 1.165) is 22.9 Å². The minimum absolute atomic E-state index is 0.0122. The molecular weight excluding hydrogens is 256 g/mol. The number of amides is 1. The van der Waals surface area contributed by atoms with Gasteiger partial charge in [-0.15, -0.1) is 0 Å². The van der Waals surface area contributed by atoms with Crippen LogP contribution >= 0.6 is 0 Å². The van der Waals surface area contributed by atoms with E-state index >= 15 is 0 Å². The van der Waals surface area contributed by atoms with Crippen molar-refractivity contribution in [3.63, 3.8) is 0 Å². The Labute approximate surface area is 117 Å². The van der Waals surface area contributed by atoms with Crippen LogP contribution in [0, 0.1) is 6.92 Å². The van der Waals surface area contributed by atoms with Crippen LogP contribution in [0.15, 0.2) is 18.2 Å². The topological polar surface area (TPSA) is 78.7 Å². The van der Waals surface area contributed by atoms with Gasteiger partial charge in [0.15, 0.2) is 0 Å². The molecule has 0 radical (unpaired) electrons. The molecule has 2 aromatic rings. The van der Waals surface area contributed by atoms with Crippen LogP contribution < -0.4 is 10.8 Å². The molecule has 3 N–H and O–H groups in total. The van der Waals surface area contributed by atoms with Gasteiger partial charge in [0.2, 0.25) is 0 Å². The van der Waals surface area contributed by atoms with Gasteiger partial charge in [0.1, 0.15) is 11.5 Å². The van der Waals surface area contributed by atoms with E-state index in [-0.39, 0.29) is 12.0 Å². The SMILES string of the molecule is Cc1cccc2nc(C(C)(C)C)c(NCC(=O)NO)n12. The number of aryl methyl sites for hydroxylation is 1. The Morgan fingerprint density at radius 1 is 1.40 bits per heavy atom. The molecule has 0 unspecified atom stereocenters. The van der Waals surface area contributed by atoms with Gasteiger partial charge < -0.3 is 5.32 Å². The van der Waals surface area contributed by atoms with Crippen molar-refractivity contribution in [3.05, 3.63) is 29.6 Å². The van der Waals surface area contributed by atoms with Crippen LogP contribution in [0.5, 0.6) is 0 Å². The molecule has 0 aliphatic heterocycles. The summed E-state index contributed by atoms with van der Waals surface area (Å²) < 4.78 is 1.98. The number of hydroxylamine groups is 1. The van der Waals surface area contributed by atoms with E-state index in [0.29, 0.717) is 0 Å². The lowest BCUT2D eigenvalue weighted by Crippen LogP contribution is -2.28. The van der Waals surface area contributed by atoms with Gasteiger partial charge in [0.25, 0.3) is 5.91 Å². The number of imidazole rings is 1. The first-order chi connectivity index (χ1) is 9.34. The van der Waals surface area contributed by atoms with E-state index < -0.39 is 5.91 Å². The van der Waals surface area contributed by atoms with Crippen molar-refractivity contribution in [3.8, 4) is 0 Å². The molecule has 0 saturated heterocycles. The number of pyridine rings is 1. The highest BCUT2D eigenvalue weighted by Crippen LogP contribution is 2.30. The molecule has 2 heterocycles. The molecular formula is C14H20N4O2. The first-order valence-corrected chi connectivity index (χ1v) is 6.50. The lowest BCUT2D eigenvalue weighted by Gasteiger charge is -2.18. The van der Waals surface area contributed by atoms with Gasteiger partial charge in [-0.25, -0.2) is 10.5 Å². The van der Waals surface area contributed by atoms with Gasteiger partial charge in [-0.05, 0) is 19.1 Å². The maximum Gasteiger partial charge on any atom is 0.262 e. The van der Waals surface area contributed by atoms with Crippen LogP contribution in [0.1, 0.15) is 32.2 Å². The smallest absolute Gasteiger partial charge is 0.262 e. The highest BCUT2D eigenvalue weighted by atomic mass is 16.5. The molecule has 0 aliphatic rings. The van der Waals surface area contributed by atoms with Gasteiger partial charge in [0, 0.05) is 11.1 Å². The highest BCUT2D eigenvalue weighted by Gasteiger charge is 2.24. The van der Waals surface area contributed by atoms with E-state index in [1.807, 2.05) is 29.5 Å². The summed E-state index contributed by atoms with van der Waals surface area (Å²) in [7, 11) is 0. The second kappa shape index (κ2) is 5.13. The molecule has 2 rings (SSSR count). The zero-order chi connectivity index (χ0) is 14.9. The quantitative estimate of drug-likeness (QED) is 0.590. The van der Waals surface area contributed by atoms with Gasteiger partial charge in [-0.2, -0.15) is 0 Å². The Balaban J connectivity index is 2.55. The Bertz CT molecular complexity index is 640. The second-order valence-corrected chi connectivity index (χ2v) is 5.81. The number of carbonyl (C=O) groups is 1. The summed E-state index contributed by atoms with van der Waals surface area (Å²) in [6.07, 6.45) is 0. The average Bonchev–Trinajstić information content (AvgIpc) is 2.76. The van der Waals surface area contributed by atoms with E-state index in [9.17, 15) is 4.79 Å². The van der Waals surface area contributed by atoms with Crippen LogP contribution in [0.25, 0.3) is 5.65 Å². The van der Waals surface area contributed by atoms with Crippen molar-refractivity contribution >= 4 is 17.4 Å². The van der Waals surface area contributed by atoms with Gasteiger partial charge >= 0.3 is 0 Å². The number of carbonyl (C=O) groups excluding carboxylic acids is 1. The fourth-order valence-electron chi connectivity index (χ4n) is 2.14. The monoisotopic (exact) mass is 276 g/mol. The Morgan fingerprint density at radius 2 is 2.10 bits per heavy atom. The van der Waals surface area contributed by atoms with Crippen molar-refractivity contribution in [1.29, 1.82) is 0 Å². The molecule has 1 amide bonds. The number of anilines is 1. The number of hydrogen-bond donors (Lipinski definition) is 3. The van der Waals surface area contributed by atoms with Gasteiger partial charge in [-0.3, -0.25) is 14.4 Å². The van der Waals surface area contributed by atoms with Crippen LogP contribution in [0.4, 0.5) is 5.82 Å². The van der Waals surface area contributed by atoms with E-state index in [4.69, 9.17) is 5.21 Å². The molecule has 0 aromatic carbocycles. The van der Waals surface area contributed by atoms with Gasteiger partial charge in [0.05, 0.1) is 12.2 Å². The van der Waals surface area contributed by atoms with Crippen LogP contribution in [-0.2, 0) is 10.2 Å². The van der Waals surface area contributed by atoms with Crippen molar-refractivity contribution in [2.24, 2.45) is 0 Å². The molecule has 2 aromatic heterocycles. The minimum Gasteiger partial charge on any atom is -0.360 e. The number of rotatable bonds is 3. The highest BCUT2D eigenvalue weighted by molar-refractivity contribution is 5.79. The molecule has 0 spiro atoms. The summed E-state index contributed by atoms with van der Waals surface area (Å²) in [4.78, 5) is 15.9. The first kappa shape index (κ1) is 14.3. The maximum atomic E-state index is 11.2. The van der Waals surface area contributed by atoms with E-state index in [2.05, 4.69) is 31.1 Å². The molecule has 6 heteroatoms. The molecule has 6 nitrogen and oxygen atoms in total. The zero-order valence-corrected chi connectivity index (χ0v) is 12.2. The summed E-state index contributed by atoms with van der Waals surface area (Å²) in [6.45, 7) is 8.18. The molecule has 108 valence electrons. The van der Waals surface area contributed by atoms with Crippen molar-refractivity contribution in [2.75, 3.05) is 11.9 Å². The normalized spacial score (nSPS) is 11.7. The third-order valence-electron chi connectivity index (χ3n) is 3.09. The van der Waals surface area contributed by atoms with Gasteiger partial charge in [-0.1, -0.05) is 26.8 Å². The van der Waals surface area contributed by atoms with Crippen LogP contribution in [0.3, 0.4) is 0 Å². The second-order valence-electron chi connectivity index (χ2n) is 5.81. The molecule has 0 saturated carbocycles. The van der Waals surface area contributed by atoms with Crippen molar-refractivity contribution in [1.82, 2.24) is 14.9 Å². The van der Waals surface area contributed by atoms with Crippen LogP contribution in [-0.4, -0.2) is 27.0 Å². The summed E-state index contributed by atoms with van der Waals surface area (Å²) in [6, 6.07) is 5.87. The fourth-order valence-corrected chi connectivity index (χ4v) is 2.14. The number of nitrogens with zero attached hydrogens (tertiary/aromatic N) is 2.